The van der Waals surface area contributed by atoms with E-state index in [0.717, 1.165) is 18.2 Å². The monoisotopic (exact) mass is 175 g/mol. The van der Waals surface area contributed by atoms with Crippen LogP contribution in [0.25, 0.3) is 0 Å². The highest BCUT2D eigenvalue weighted by Gasteiger charge is 2.33. The maximum atomic E-state index is 12.5. The van der Waals surface area contributed by atoms with E-state index in [2.05, 4.69) is 0 Å². The largest absolute Gasteiger partial charge is 0.328 e. The number of halogens is 2. The average molecular weight is 176 g/mol. The van der Waals surface area contributed by atoms with Gasteiger partial charge in [-0.1, -0.05) is 0 Å². The van der Waals surface area contributed by atoms with Crippen molar-refractivity contribution in [1.29, 1.82) is 0 Å². The van der Waals surface area contributed by atoms with Gasteiger partial charge in [-0.15, -0.1) is 11.6 Å². The summed E-state index contributed by atoms with van der Waals surface area (Å²) in [4.78, 5) is 9.62. The highest BCUT2D eigenvalue weighted by atomic mass is 35.5. The van der Waals surface area contributed by atoms with Gasteiger partial charge in [0.1, 0.15) is 10.7 Å². The molecule has 0 radical (unpaired) electrons. The summed E-state index contributed by atoms with van der Waals surface area (Å²) in [5.41, 5.74) is 5.19. The molecule has 4 heteroatoms. The maximum Gasteiger partial charge on any atom is 0.181 e. The Labute approximate surface area is 68.5 Å². The highest BCUT2D eigenvalue weighted by Crippen LogP contribution is 2.24. The summed E-state index contributed by atoms with van der Waals surface area (Å²) in [6.07, 6.45) is 3.19. The molecular weight excluding hydrogens is 169 g/mol. The van der Waals surface area contributed by atoms with Crippen molar-refractivity contribution in [3.63, 3.8) is 0 Å². The predicted molar refractivity (Wildman–Crippen MR) is 41.0 cm³/mol. The Hall–Kier alpha value is -0.670. The predicted octanol–water partition coefficient (Wildman–Crippen LogP) is 0.915. The number of carbonyl (C=O) groups excluding carboxylic acids is 1. The van der Waals surface area contributed by atoms with Crippen LogP contribution >= 0.6 is 11.6 Å². The third-order valence-electron chi connectivity index (χ3n) is 1.47. The summed E-state index contributed by atoms with van der Waals surface area (Å²) in [6.45, 7) is -0.0921. The smallest absolute Gasteiger partial charge is 0.181 e. The van der Waals surface area contributed by atoms with Crippen molar-refractivity contribution >= 4 is 17.4 Å². The lowest BCUT2D eigenvalue weighted by molar-refractivity contribution is -0.115. The van der Waals surface area contributed by atoms with Crippen LogP contribution in [0, 0.1) is 0 Å². The summed E-state index contributed by atoms with van der Waals surface area (Å²) in [5.74, 6) is -0.895. The van der Waals surface area contributed by atoms with E-state index in [1.54, 1.807) is 0 Å². The molecule has 0 heterocycles. The van der Waals surface area contributed by atoms with E-state index in [1.807, 2.05) is 0 Å². The molecule has 0 amide bonds. The molecule has 0 saturated heterocycles. The zero-order valence-electron chi connectivity index (χ0n) is 5.68. The lowest BCUT2D eigenvalue weighted by Crippen LogP contribution is -2.38. The van der Waals surface area contributed by atoms with E-state index in [9.17, 15) is 9.18 Å². The second-order valence-corrected chi connectivity index (χ2v) is 2.97. The Morgan fingerprint density at radius 2 is 2.27 bits per heavy atom. The molecule has 0 aromatic rings. The summed E-state index contributed by atoms with van der Waals surface area (Å²) in [5, 5.41) is 0. The Morgan fingerprint density at radius 1 is 1.64 bits per heavy atom. The van der Waals surface area contributed by atoms with Gasteiger partial charge in [-0.2, -0.15) is 0 Å². The minimum absolute atomic E-state index is 0.0921. The first-order valence-corrected chi connectivity index (χ1v) is 3.46. The highest BCUT2D eigenvalue weighted by molar-refractivity contribution is 6.39. The first kappa shape index (κ1) is 8.43. The minimum Gasteiger partial charge on any atom is -0.328 e. The van der Waals surface area contributed by atoms with Crippen molar-refractivity contribution in [2.75, 3.05) is 6.54 Å². The van der Waals surface area contributed by atoms with Crippen LogP contribution in [0.3, 0.4) is 0 Å². The Kier molecular flexibility index (Phi) is 2.11. The lowest BCUT2D eigenvalue weighted by atomic mass is 9.98. The van der Waals surface area contributed by atoms with E-state index < -0.39 is 10.7 Å². The molecule has 1 unspecified atom stereocenters. The van der Waals surface area contributed by atoms with Gasteiger partial charge >= 0.3 is 0 Å². The van der Waals surface area contributed by atoms with Gasteiger partial charge in [0.15, 0.2) is 5.78 Å². The van der Waals surface area contributed by atoms with Crippen molar-refractivity contribution in [2.24, 2.45) is 5.73 Å². The van der Waals surface area contributed by atoms with Gasteiger partial charge in [-0.3, -0.25) is 4.79 Å². The summed E-state index contributed by atoms with van der Waals surface area (Å²) in [7, 11) is 0. The van der Waals surface area contributed by atoms with Gasteiger partial charge in [0.25, 0.3) is 0 Å². The third-order valence-corrected chi connectivity index (χ3v) is 1.92. The molecule has 1 aliphatic rings. The fourth-order valence-corrected chi connectivity index (χ4v) is 0.958. The topological polar surface area (TPSA) is 43.1 Å². The van der Waals surface area contributed by atoms with Crippen molar-refractivity contribution in [3.05, 3.63) is 24.1 Å². The van der Waals surface area contributed by atoms with Crippen molar-refractivity contribution in [2.45, 2.75) is 4.87 Å². The Bertz CT molecular complexity index is 249. The first-order chi connectivity index (χ1) is 5.08. The molecule has 1 rings (SSSR count). The second-order valence-electron chi connectivity index (χ2n) is 2.29. The van der Waals surface area contributed by atoms with Crippen molar-refractivity contribution in [3.8, 4) is 0 Å². The van der Waals surface area contributed by atoms with Crippen LogP contribution in [0.5, 0.6) is 0 Å². The van der Waals surface area contributed by atoms with E-state index in [1.165, 1.54) is 0 Å². The maximum absolute atomic E-state index is 12.5. The third kappa shape index (κ3) is 1.49. The van der Waals surface area contributed by atoms with Crippen LogP contribution in [0.2, 0.25) is 0 Å². The van der Waals surface area contributed by atoms with Crippen LogP contribution in [0.4, 0.5) is 4.39 Å². The number of nitrogens with two attached hydrogens (primary N) is 1. The van der Waals surface area contributed by atoms with Gasteiger partial charge in [-0.25, -0.2) is 4.39 Å². The summed E-state index contributed by atoms with van der Waals surface area (Å²) >= 11 is 5.66. The number of rotatable bonds is 1. The molecule has 0 saturated carbocycles. The molecule has 1 aliphatic carbocycles. The molecule has 0 fully saturated rings. The molecule has 0 aromatic carbocycles. The number of ketones is 1. The van der Waals surface area contributed by atoms with Crippen molar-refractivity contribution in [1.82, 2.24) is 0 Å². The Balaban J connectivity index is 2.98. The van der Waals surface area contributed by atoms with Gasteiger partial charge < -0.3 is 5.73 Å². The lowest BCUT2D eigenvalue weighted by Gasteiger charge is -2.19. The van der Waals surface area contributed by atoms with Crippen molar-refractivity contribution < 1.29 is 9.18 Å². The molecule has 2 nitrogen and oxygen atoms in total. The molecule has 2 N–H and O–H groups in total. The molecule has 0 spiro atoms. The average Bonchev–Trinajstić information content (AvgIpc) is 1.98. The number of hydrogen-bond acceptors (Lipinski definition) is 2. The van der Waals surface area contributed by atoms with Crippen LogP contribution in [-0.4, -0.2) is 17.2 Å². The standard InChI is InChI=1S/C7H7ClFNO/c8-7(4-10)3-5(9)1-2-6(7)11/h1-3H,4,10H2. The molecule has 0 aromatic heterocycles. The normalized spacial score (nSPS) is 30.5. The van der Waals surface area contributed by atoms with Gasteiger partial charge in [0.05, 0.1) is 0 Å². The van der Waals surface area contributed by atoms with Gasteiger partial charge in [0.2, 0.25) is 0 Å². The number of carbonyl (C=O) groups is 1. The SMILES string of the molecule is NCC1(Cl)C=C(F)C=CC1=O. The van der Waals surface area contributed by atoms with E-state index in [4.69, 9.17) is 17.3 Å². The molecule has 0 aliphatic heterocycles. The van der Waals surface area contributed by atoms with Crippen LogP contribution in [0.1, 0.15) is 0 Å². The van der Waals surface area contributed by atoms with E-state index in [-0.39, 0.29) is 12.3 Å². The van der Waals surface area contributed by atoms with Crippen LogP contribution < -0.4 is 5.73 Å². The quantitative estimate of drug-likeness (QED) is 0.603. The van der Waals surface area contributed by atoms with Gasteiger partial charge in [0, 0.05) is 6.54 Å². The fraction of sp³-hybridized carbons (Fsp3) is 0.286. The molecule has 11 heavy (non-hydrogen) atoms. The zero-order valence-corrected chi connectivity index (χ0v) is 6.44. The molecular formula is C7H7ClFNO. The molecule has 60 valence electrons. The number of allylic oxidation sites excluding steroid dienone is 3. The van der Waals surface area contributed by atoms with E-state index >= 15 is 0 Å². The number of hydrogen-bond donors (Lipinski definition) is 1. The molecule has 1 atom stereocenters. The van der Waals surface area contributed by atoms with Crippen LogP contribution in [-0.2, 0) is 4.79 Å². The number of alkyl halides is 1. The van der Waals surface area contributed by atoms with Crippen LogP contribution in [0.15, 0.2) is 24.1 Å². The summed E-state index contributed by atoms with van der Waals surface area (Å²) in [6, 6.07) is 0. The Morgan fingerprint density at radius 3 is 2.73 bits per heavy atom. The first-order valence-electron chi connectivity index (χ1n) is 3.08. The molecule has 0 bridgehead atoms. The zero-order chi connectivity index (χ0) is 8.48. The second kappa shape index (κ2) is 2.75. The fourth-order valence-electron chi connectivity index (χ4n) is 0.791. The minimum atomic E-state index is -1.36. The van der Waals surface area contributed by atoms with E-state index in [0.29, 0.717) is 0 Å². The van der Waals surface area contributed by atoms with Gasteiger partial charge in [-0.05, 0) is 18.2 Å². The summed E-state index contributed by atoms with van der Waals surface area (Å²) < 4.78 is 12.5.